The van der Waals surface area contributed by atoms with E-state index in [4.69, 9.17) is 5.11 Å². The molecule has 2 rings (SSSR count). The third-order valence-corrected chi connectivity index (χ3v) is 2.53. The maximum absolute atomic E-state index is 10.9. The van der Waals surface area contributed by atoms with E-state index in [1.807, 2.05) is 13.2 Å². The lowest BCUT2D eigenvalue weighted by molar-refractivity contribution is 0.0690. The molecule has 0 aromatic carbocycles. The van der Waals surface area contributed by atoms with Gasteiger partial charge in [0.2, 0.25) is 5.95 Å². The summed E-state index contributed by atoms with van der Waals surface area (Å²) in [6.07, 6.45) is 4.50. The van der Waals surface area contributed by atoms with Crippen LogP contribution in [0.15, 0.2) is 18.5 Å². The average Bonchev–Trinajstić information content (AvgIpc) is 2.74. The van der Waals surface area contributed by atoms with E-state index >= 15 is 0 Å². The van der Waals surface area contributed by atoms with Crippen molar-refractivity contribution in [1.29, 1.82) is 0 Å². The van der Waals surface area contributed by atoms with Gasteiger partial charge in [-0.3, -0.25) is 4.68 Å². The third kappa shape index (κ3) is 3.51. The van der Waals surface area contributed by atoms with Crippen LogP contribution in [0.5, 0.6) is 0 Å². The number of nitrogens with one attached hydrogen (secondary N) is 1. The zero-order valence-electron chi connectivity index (χ0n) is 10.8. The largest absolute Gasteiger partial charge is 0.477 e. The Morgan fingerprint density at radius 3 is 2.89 bits per heavy atom. The van der Waals surface area contributed by atoms with Gasteiger partial charge in [0.1, 0.15) is 0 Å². The van der Waals surface area contributed by atoms with Crippen LogP contribution in [0.25, 0.3) is 0 Å². The fraction of sp³-hybridized carbons (Fsp3) is 0.333. The van der Waals surface area contributed by atoms with E-state index in [2.05, 4.69) is 20.4 Å². The lowest BCUT2D eigenvalue weighted by Crippen LogP contribution is -2.11. The molecule has 100 valence electrons. The van der Waals surface area contributed by atoms with Gasteiger partial charge in [-0.2, -0.15) is 5.10 Å². The molecule has 0 spiro atoms. The zero-order chi connectivity index (χ0) is 13.8. The number of carboxylic acids is 1. The summed E-state index contributed by atoms with van der Waals surface area (Å²) in [4.78, 5) is 18.9. The Morgan fingerprint density at radius 2 is 2.26 bits per heavy atom. The van der Waals surface area contributed by atoms with Crippen molar-refractivity contribution >= 4 is 11.9 Å². The van der Waals surface area contributed by atoms with Crippen molar-refractivity contribution in [2.45, 2.75) is 13.3 Å². The molecule has 0 saturated carbocycles. The monoisotopic (exact) mass is 261 g/mol. The molecule has 7 nitrogen and oxygen atoms in total. The highest BCUT2D eigenvalue weighted by molar-refractivity contribution is 5.85. The highest BCUT2D eigenvalue weighted by Gasteiger charge is 2.08. The molecule has 0 saturated heterocycles. The van der Waals surface area contributed by atoms with Crippen LogP contribution in [0.3, 0.4) is 0 Å². The summed E-state index contributed by atoms with van der Waals surface area (Å²) in [5.41, 5.74) is 1.72. The van der Waals surface area contributed by atoms with Crippen LogP contribution in [-0.4, -0.2) is 37.4 Å². The van der Waals surface area contributed by atoms with Crippen LogP contribution < -0.4 is 5.32 Å². The number of rotatable bonds is 5. The van der Waals surface area contributed by atoms with Gasteiger partial charge >= 0.3 is 5.97 Å². The van der Waals surface area contributed by atoms with E-state index in [0.29, 0.717) is 18.2 Å². The highest BCUT2D eigenvalue weighted by atomic mass is 16.4. The number of aromatic carboxylic acids is 1. The third-order valence-electron chi connectivity index (χ3n) is 2.53. The molecular formula is C12H15N5O2. The molecule has 2 aromatic heterocycles. The topological polar surface area (TPSA) is 92.9 Å². The van der Waals surface area contributed by atoms with E-state index in [1.165, 1.54) is 6.07 Å². The summed E-state index contributed by atoms with van der Waals surface area (Å²) in [5, 5.41) is 16.0. The lowest BCUT2D eigenvalue weighted by atomic mass is 10.2. The minimum absolute atomic E-state index is 0.00335. The van der Waals surface area contributed by atoms with Crippen LogP contribution in [0.1, 0.15) is 21.7 Å². The molecule has 0 aliphatic heterocycles. The Morgan fingerprint density at radius 1 is 1.47 bits per heavy atom. The number of anilines is 1. The number of hydrogen-bond acceptors (Lipinski definition) is 5. The second kappa shape index (κ2) is 5.47. The molecular weight excluding hydrogens is 246 g/mol. The molecule has 0 radical (unpaired) electrons. The molecule has 19 heavy (non-hydrogen) atoms. The van der Waals surface area contributed by atoms with E-state index in [1.54, 1.807) is 17.8 Å². The van der Waals surface area contributed by atoms with Gasteiger partial charge in [0.25, 0.3) is 0 Å². The molecule has 0 bridgehead atoms. The predicted octanol–water partition coefficient (Wildman–Crippen LogP) is 0.871. The number of hydrogen-bond donors (Lipinski definition) is 2. The maximum Gasteiger partial charge on any atom is 0.354 e. The van der Waals surface area contributed by atoms with E-state index < -0.39 is 5.97 Å². The van der Waals surface area contributed by atoms with Gasteiger partial charge in [-0.05, 0) is 25.0 Å². The summed E-state index contributed by atoms with van der Waals surface area (Å²) >= 11 is 0. The molecule has 2 aromatic rings. The summed E-state index contributed by atoms with van der Waals surface area (Å²) in [6, 6.07) is 1.44. The first kappa shape index (κ1) is 13.0. The zero-order valence-corrected chi connectivity index (χ0v) is 10.8. The van der Waals surface area contributed by atoms with Crippen LogP contribution in [0.2, 0.25) is 0 Å². The second-order valence-electron chi connectivity index (χ2n) is 4.22. The number of carbonyl (C=O) groups is 1. The van der Waals surface area contributed by atoms with E-state index in [-0.39, 0.29) is 5.69 Å². The van der Waals surface area contributed by atoms with E-state index in [0.717, 1.165) is 12.0 Å². The fourth-order valence-corrected chi connectivity index (χ4v) is 1.68. The summed E-state index contributed by atoms with van der Waals surface area (Å²) < 4.78 is 1.74. The molecule has 2 N–H and O–H groups in total. The smallest absolute Gasteiger partial charge is 0.354 e. The number of carboxylic acid groups (broad SMARTS) is 1. The normalized spacial score (nSPS) is 10.4. The molecule has 2 heterocycles. The van der Waals surface area contributed by atoms with E-state index in [9.17, 15) is 4.79 Å². The maximum atomic E-state index is 10.9. The first-order valence-electron chi connectivity index (χ1n) is 5.85. The summed E-state index contributed by atoms with van der Waals surface area (Å²) in [5.74, 6) is -0.720. The Balaban J connectivity index is 1.97. The minimum atomic E-state index is -1.05. The van der Waals surface area contributed by atoms with Gasteiger partial charge in [0, 0.05) is 25.5 Å². The first-order valence-corrected chi connectivity index (χ1v) is 5.85. The quantitative estimate of drug-likeness (QED) is 0.829. The van der Waals surface area contributed by atoms with Gasteiger partial charge in [-0.25, -0.2) is 14.8 Å². The van der Waals surface area contributed by atoms with Gasteiger partial charge in [0.15, 0.2) is 5.69 Å². The number of aromatic nitrogens is 4. The predicted molar refractivity (Wildman–Crippen MR) is 69.1 cm³/mol. The van der Waals surface area contributed by atoms with Crippen molar-refractivity contribution in [3.8, 4) is 0 Å². The number of aryl methyl sites for hydroxylation is 2. The van der Waals surface area contributed by atoms with Gasteiger partial charge in [0.05, 0.1) is 6.20 Å². The lowest BCUT2D eigenvalue weighted by Gasteiger charge is -2.05. The van der Waals surface area contributed by atoms with Gasteiger partial charge < -0.3 is 10.4 Å². The minimum Gasteiger partial charge on any atom is -0.477 e. The molecule has 0 atom stereocenters. The van der Waals surface area contributed by atoms with Crippen molar-refractivity contribution < 1.29 is 9.90 Å². The molecule has 7 heteroatoms. The van der Waals surface area contributed by atoms with Gasteiger partial charge in [-0.1, -0.05) is 0 Å². The average molecular weight is 261 g/mol. The Labute approximate surface area is 110 Å². The van der Waals surface area contributed by atoms with Crippen LogP contribution in [0.4, 0.5) is 5.95 Å². The SMILES string of the molecule is Cc1cc(C(=O)O)nc(NCCc2cnn(C)c2)n1. The summed E-state index contributed by atoms with van der Waals surface area (Å²) in [6.45, 7) is 2.36. The van der Waals surface area contributed by atoms with Crippen molar-refractivity contribution in [1.82, 2.24) is 19.7 Å². The molecule has 0 aliphatic rings. The van der Waals surface area contributed by atoms with Crippen molar-refractivity contribution in [2.24, 2.45) is 7.05 Å². The molecule has 0 fully saturated rings. The van der Waals surface area contributed by atoms with Crippen molar-refractivity contribution in [3.63, 3.8) is 0 Å². The Bertz CT molecular complexity index is 594. The number of nitrogens with zero attached hydrogens (tertiary/aromatic N) is 4. The Hall–Kier alpha value is -2.44. The molecule has 0 amide bonds. The van der Waals surface area contributed by atoms with Crippen molar-refractivity contribution in [3.05, 3.63) is 35.4 Å². The Kier molecular flexibility index (Phi) is 3.74. The highest BCUT2D eigenvalue weighted by Crippen LogP contribution is 2.05. The van der Waals surface area contributed by atoms with Crippen molar-refractivity contribution in [2.75, 3.05) is 11.9 Å². The van der Waals surface area contributed by atoms with Crippen LogP contribution in [-0.2, 0) is 13.5 Å². The fourth-order valence-electron chi connectivity index (χ4n) is 1.68. The van der Waals surface area contributed by atoms with Crippen LogP contribution in [0, 0.1) is 6.92 Å². The second-order valence-corrected chi connectivity index (χ2v) is 4.22. The molecule has 0 unspecified atom stereocenters. The van der Waals surface area contributed by atoms with Crippen LogP contribution >= 0.6 is 0 Å². The van der Waals surface area contributed by atoms with Gasteiger partial charge in [-0.15, -0.1) is 0 Å². The summed E-state index contributed by atoms with van der Waals surface area (Å²) in [7, 11) is 1.86. The molecule has 0 aliphatic carbocycles. The standard InChI is InChI=1S/C12H15N5O2/c1-8-5-10(11(18)19)16-12(15-8)13-4-3-9-6-14-17(2)7-9/h5-7H,3-4H2,1-2H3,(H,18,19)(H,13,15,16). The first-order chi connectivity index (χ1) is 9.04.